The van der Waals surface area contributed by atoms with E-state index in [0.29, 0.717) is 35.2 Å². The Kier molecular flexibility index (Phi) is 15.1. The second-order valence-electron chi connectivity index (χ2n) is 28.8. The van der Waals surface area contributed by atoms with Gasteiger partial charge in [0.25, 0.3) is 0 Å². The van der Waals surface area contributed by atoms with E-state index in [4.69, 9.17) is 38.7 Å². The fourth-order valence-electron chi connectivity index (χ4n) is 16.8. The Morgan fingerprint density at radius 1 is 0.193 bits per heavy atom. The monoisotopic (exact) mass is 1490 g/mol. The van der Waals surface area contributed by atoms with Crippen molar-refractivity contribution in [3.05, 3.63) is 364 Å². The molecule has 532 valence electrons. The Labute approximate surface area is 659 Å². The first-order valence-corrected chi connectivity index (χ1v) is 39.7. The van der Waals surface area contributed by atoms with Gasteiger partial charge >= 0.3 is 0 Å². The van der Waals surface area contributed by atoms with Gasteiger partial charge in [-0.1, -0.05) is 273 Å². The van der Waals surface area contributed by atoms with Crippen LogP contribution in [0.15, 0.2) is 373 Å². The fourth-order valence-corrected chi connectivity index (χ4v) is 19.1. The molecule has 0 aliphatic rings. The van der Waals surface area contributed by atoms with Crippen molar-refractivity contribution in [1.82, 2.24) is 39.0 Å². The highest BCUT2D eigenvalue weighted by molar-refractivity contribution is 7.26. The molecule has 8 aromatic heterocycles. The molecule has 10 nitrogen and oxygen atoms in total. The standard InChI is InChI=1S/2C51H30N4OS/c1-3-13-31(14-4-1)36-21-12-23-44-48(36)39-26-25-34(28-45(39)56-44)33-17-11-18-35(27-33)50-52-49(32-15-5-2-6-16-32)53-51(54-50)55-42-22-9-7-19-37(42)40-30-47-41(29-43(40)55)38-20-8-10-24-46(38)57-47;1-3-12-32(13-4-1)36-18-11-20-44-48(36)39-27-26-35(28-45(39)56-44)31-22-24-34(25-23-31)50-52-49(33-14-5-2-6-15-33)53-51(54-50)55-42-19-9-7-16-37(42)40-30-47-41(29-43(40)55)38-17-8-10-21-46(38)57-47/h2*1-30H. The van der Waals surface area contributed by atoms with Crippen molar-refractivity contribution in [3.8, 4) is 102 Å². The van der Waals surface area contributed by atoms with Crippen LogP contribution >= 0.6 is 22.7 Å². The molecule has 0 saturated heterocycles. The van der Waals surface area contributed by atoms with Crippen LogP contribution in [0.25, 0.3) is 230 Å². The van der Waals surface area contributed by atoms with Crippen LogP contribution < -0.4 is 0 Å². The van der Waals surface area contributed by atoms with Crippen LogP contribution in [0.2, 0.25) is 0 Å². The molecule has 0 aliphatic carbocycles. The smallest absolute Gasteiger partial charge is 0.238 e. The number of nitrogens with zero attached hydrogens (tertiary/aromatic N) is 8. The van der Waals surface area contributed by atoms with E-state index >= 15 is 0 Å². The molecule has 16 aromatic carbocycles. The van der Waals surface area contributed by atoms with Gasteiger partial charge in [-0.2, -0.15) is 19.9 Å². The average Bonchev–Trinajstić information content (AvgIpc) is 1.58. The minimum absolute atomic E-state index is 0.576. The van der Waals surface area contributed by atoms with Crippen molar-refractivity contribution in [2.45, 2.75) is 0 Å². The largest absolute Gasteiger partial charge is 0.456 e. The van der Waals surface area contributed by atoms with Gasteiger partial charge in [-0.05, 0) is 136 Å². The SMILES string of the molecule is c1ccc(-c2nc(-c3ccc(-c4ccc5c(c4)oc4cccc(-c6ccccc6)c45)cc3)nc(-n3c4ccccc4c4cc5sc6ccccc6c5cc43)n2)cc1.c1ccc(-c2nc(-c3cccc(-c4ccc5c(c4)oc4cccc(-c6ccccc6)c45)c3)nc(-n3c4ccccc4c4cc5sc6ccccc6c5cc43)n2)cc1. The molecular weight excluding hydrogens is 1430 g/mol. The minimum Gasteiger partial charge on any atom is -0.456 e. The first kappa shape index (κ1) is 65.1. The highest BCUT2D eigenvalue weighted by Gasteiger charge is 2.24. The van der Waals surface area contributed by atoms with Gasteiger partial charge in [-0.25, -0.2) is 9.97 Å². The predicted molar refractivity (Wildman–Crippen MR) is 472 cm³/mol. The highest BCUT2D eigenvalue weighted by Crippen LogP contribution is 2.46. The van der Waals surface area contributed by atoms with Gasteiger partial charge in [-0.3, -0.25) is 9.13 Å². The predicted octanol–water partition coefficient (Wildman–Crippen LogP) is 27.8. The maximum absolute atomic E-state index is 6.49. The van der Waals surface area contributed by atoms with E-state index in [9.17, 15) is 0 Å². The molecule has 0 N–H and O–H groups in total. The molecule has 0 fully saturated rings. The summed E-state index contributed by atoms with van der Waals surface area (Å²) < 4.78 is 22.4. The molecule has 8 heterocycles. The van der Waals surface area contributed by atoms with Crippen LogP contribution in [-0.4, -0.2) is 39.0 Å². The Balaban J connectivity index is 0.000000135. The second-order valence-corrected chi connectivity index (χ2v) is 31.0. The summed E-state index contributed by atoms with van der Waals surface area (Å²) in [5.74, 6) is 3.61. The molecule has 0 radical (unpaired) electrons. The van der Waals surface area contributed by atoms with Crippen molar-refractivity contribution >= 4 is 151 Å². The number of furan rings is 2. The average molecular weight is 1490 g/mol. The first-order valence-electron chi connectivity index (χ1n) is 38.0. The van der Waals surface area contributed by atoms with Crippen molar-refractivity contribution in [2.24, 2.45) is 0 Å². The summed E-state index contributed by atoms with van der Waals surface area (Å²) in [5, 5.41) is 14.1. The molecular formula is C102H60N8O2S2. The van der Waals surface area contributed by atoms with Gasteiger partial charge in [0, 0.05) is 106 Å². The van der Waals surface area contributed by atoms with Crippen LogP contribution in [0.4, 0.5) is 0 Å². The molecule has 24 aromatic rings. The van der Waals surface area contributed by atoms with Crippen LogP contribution in [-0.2, 0) is 0 Å². The van der Waals surface area contributed by atoms with Gasteiger partial charge in [0.1, 0.15) is 22.3 Å². The summed E-state index contributed by atoms with van der Waals surface area (Å²) in [7, 11) is 0. The number of fused-ring (bicyclic) bond motifs is 18. The molecule has 0 aliphatic heterocycles. The number of thiophene rings is 2. The third kappa shape index (κ3) is 10.9. The first-order chi connectivity index (χ1) is 56.5. The number of hydrogen-bond acceptors (Lipinski definition) is 10. The van der Waals surface area contributed by atoms with Crippen LogP contribution in [0.3, 0.4) is 0 Å². The zero-order valence-electron chi connectivity index (χ0n) is 60.9. The third-order valence-corrected chi connectivity index (χ3v) is 24.4. The van der Waals surface area contributed by atoms with E-state index < -0.39 is 0 Å². The normalized spacial score (nSPS) is 11.9. The number of rotatable bonds is 10. The Bertz CT molecular complexity index is 7980. The van der Waals surface area contributed by atoms with E-state index in [0.717, 1.165) is 127 Å². The summed E-state index contributed by atoms with van der Waals surface area (Å²) in [6.45, 7) is 0. The summed E-state index contributed by atoms with van der Waals surface area (Å²) >= 11 is 3.67. The Hall–Kier alpha value is -14.8. The topological polar surface area (TPSA) is 113 Å². The highest BCUT2D eigenvalue weighted by atomic mass is 32.1. The lowest BCUT2D eigenvalue weighted by atomic mass is 9.97. The van der Waals surface area contributed by atoms with E-state index in [1.807, 2.05) is 83.3 Å². The van der Waals surface area contributed by atoms with E-state index in [2.05, 4.69) is 312 Å². The van der Waals surface area contributed by atoms with Gasteiger partial charge in [0.2, 0.25) is 11.9 Å². The zero-order valence-corrected chi connectivity index (χ0v) is 62.5. The molecule has 12 heteroatoms. The molecule has 0 bridgehead atoms. The molecule has 0 spiro atoms. The summed E-state index contributed by atoms with van der Waals surface area (Å²) in [5.41, 5.74) is 20.3. The Morgan fingerprint density at radius 2 is 0.544 bits per heavy atom. The van der Waals surface area contributed by atoms with Gasteiger partial charge in [0.05, 0.1) is 22.1 Å². The van der Waals surface area contributed by atoms with Crippen LogP contribution in [0, 0.1) is 0 Å². The number of benzene rings is 16. The zero-order chi connectivity index (χ0) is 74.9. The fraction of sp³-hybridized carbons (Fsp3) is 0. The van der Waals surface area contributed by atoms with Gasteiger partial charge in [-0.15, -0.1) is 22.7 Å². The second kappa shape index (κ2) is 26.5. The lowest BCUT2D eigenvalue weighted by molar-refractivity contribution is 0.669. The van der Waals surface area contributed by atoms with E-state index in [1.54, 1.807) is 0 Å². The summed E-state index contributed by atoms with van der Waals surface area (Å²) in [6, 6.07) is 127. The molecule has 0 unspecified atom stereocenters. The summed E-state index contributed by atoms with van der Waals surface area (Å²) in [4.78, 5) is 31.1. The molecule has 0 saturated carbocycles. The third-order valence-electron chi connectivity index (χ3n) is 22.1. The van der Waals surface area contributed by atoms with Crippen LogP contribution in [0.5, 0.6) is 0 Å². The van der Waals surface area contributed by atoms with Crippen molar-refractivity contribution in [2.75, 3.05) is 0 Å². The van der Waals surface area contributed by atoms with Gasteiger partial charge < -0.3 is 8.83 Å². The van der Waals surface area contributed by atoms with E-state index in [1.165, 1.54) is 67.8 Å². The molecule has 114 heavy (non-hydrogen) atoms. The molecule has 0 amide bonds. The van der Waals surface area contributed by atoms with Gasteiger partial charge in [0.15, 0.2) is 23.3 Å². The lowest BCUT2D eigenvalue weighted by Gasteiger charge is -2.12. The van der Waals surface area contributed by atoms with Crippen LogP contribution in [0.1, 0.15) is 0 Å². The number of aromatic nitrogens is 8. The van der Waals surface area contributed by atoms with Crippen molar-refractivity contribution in [1.29, 1.82) is 0 Å². The molecule has 0 atom stereocenters. The number of hydrogen-bond donors (Lipinski definition) is 0. The maximum Gasteiger partial charge on any atom is 0.238 e. The minimum atomic E-state index is 0.576. The van der Waals surface area contributed by atoms with Crippen molar-refractivity contribution < 1.29 is 8.83 Å². The van der Waals surface area contributed by atoms with E-state index in [-0.39, 0.29) is 0 Å². The number of para-hydroxylation sites is 2. The molecule has 24 rings (SSSR count). The van der Waals surface area contributed by atoms with Crippen molar-refractivity contribution in [3.63, 3.8) is 0 Å². The quantitative estimate of drug-likeness (QED) is 0.133. The lowest BCUT2D eigenvalue weighted by Crippen LogP contribution is -2.06. The maximum atomic E-state index is 6.49. The summed E-state index contributed by atoms with van der Waals surface area (Å²) in [6.07, 6.45) is 0. The Morgan fingerprint density at radius 3 is 1.02 bits per heavy atom.